The molecule has 3 rings (SSSR count). The Balaban J connectivity index is 1.73. The highest BCUT2D eigenvalue weighted by Crippen LogP contribution is 2.23. The maximum Gasteiger partial charge on any atom is 0.165 e. The van der Waals surface area contributed by atoms with E-state index >= 15 is 0 Å². The summed E-state index contributed by atoms with van der Waals surface area (Å²) in [7, 11) is 0. The minimum absolute atomic E-state index is 0.240. The molecule has 1 aromatic heterocycles. The van der Waals surface area contributed by atoms with Gasteiger partial charge in [-0.25, -0.2) is 4.39 Å². The van der Waals surface area contributed by atoms with Gasteiger partial charge in [0.25, 0.3) is 0 Å². The van der Waals surface area contributed by atoms with Gasteiger partial charge in [-0.15, -0.1) is 0 Å². The van der Waals surface area contributed by atoms with Gasteiger partial charge in [0.15, 0.2) is 11.6 Å². The van der Waals surface area contributed by atoms with Crippen molar-refractivity contribution >= 4 is 0 Å². The molecule has 2 aromatic carbocycles. The average Bonchev–Trinajstić information content (AvgIpc) is 2.62. The van der Waals surface area contributed by atoms with Crippen molar-refractivity contribution in [3.8, 4) is 22.6 Å². The number of ether oxygens (including phenoxy) is 2. The number of rotatable bonds is 6. The molecule has 0 aliphatic heterocycles. The summed E-state index contributed by atoms with van der Waals surface area (Å²) in [5, 5.41) is 0. The first-order valence-corrected chi connectivity index (χ1v) is 7.81. The molecular weight excluding hydrogens is 305 g/mol. The fourth-order valence-electron chi connectivity index (χ4n) is 2.36. The van der Waals surface area contributed by atoms with Crippen molar-refractivity contribution in [2.75, 3.05) is 6.61 Å². The Hall–Kier alpha value is -2.88. The second kappa shape index (κ2) is 7.59. The van der Waals surface area contributed by atoms with E-state index in [0.29, 0.717) is 6.61 Å². The summed E-state index contributed by atoms with van der Waals surface area (Å²) in [5.41, 5.74) is 2.90. The molecule has 0 unspecified atom stereocenters. The van der Waals surface area contributed by atoms with Crippen molar-refractivity contribution in [1.29, 1.82) is 0 Å². The third-order valence-corrected chi connectivity index (χ3v) is 3.52. The van der Waals surface area contributed by atoms with Crippen LogP contribution in [0.3, 0.4) is 0 Å². The van der Waals surface area contributed by atoms with E-state index in [1.165, 1.54) is 6.07 Å². The van der Waals surface area contributed by atoms with Crippen LogP contribution in [0.2, 0.25) is 0 Å². The van der Waals surface area contributed by atoms with E-state index in [2.05, 4.69) is 4.98 Å². The standard InChI is InChI=1S/C20H18FNO2/c1-2-23-18-9-7-16(8-10-18)17-11-15(12-22-13-17)14-24-20-6-4-3-5-19(20)21/h3-13H,2,14H2,1H3. The number of para-hydroxylation sites is 1. The molecule has 0 aliphatic carbocycles. The van der Waals surface area contributed by atoms with Crippen molar-refractivity contribution in [2.45, 2.75) is 13.5 Å². The predicted molar refractivity (Wildman–Crippen MR) is 91.6 cm³/mol. The van der Waals surface area contributed by atoms with Gasteiger partial charge in [0.1, 0.15) is 12.4 Å². The third kappa shape index (κ3) is 3.90. The maximum atomic E-state index is 13.6. The van der Waals surface area contributed by atoms with Crippen molar-refractivity contribution < 1.29 is 13.9 Å². The number of aromatic nitrogens is 1. The van der Waals surface area contributed by atoms with Gasteiger partial charge in [-0.3, -0.25) is 4.98 Å². The molecule has 0 aliphatic rings. The Labute approximate surface area is 140 Å². The normalized spacial score (nSPS) is 10.4. The van der Waals surface area contributed by atoms with E-state index in [4.69, 9.17) is 9.47 Å². The van der Waals surface area contributed by atoms with E-state index in [1.807, 2.05) is 37.3 Å². The highest BCUT2D eigenvalue weighted by atomic mass is 19.1. The predicted octanol–water partition coefficient (Wildman–Crippen LogP) is 4.87. The van der Waals surface area contributed by atoms with E-state index in [9.17, 15) is 4.39 Å². The third-order valence-electron chi connectivity index (χ3n) is 3.52. The molecule has 122 valence electrons. The van der Waals surface area contributed by atoms with Crippen LogP contribution in [0.25, 0.3) is 11.1 Å². The molecule has 0 N–H and O–H groups in total. The molecule has 0 radical (unpaired) electrons. The van der Waals surface area contributed by atoms with E-state index in [-0.39, 0.29) is 18.2 Å². The molecule has 0 spiro atoms. The SMILES string of the molecule is CCOc1ccc(-c2cncc(COc3ccccc3F)c2)cc1. The Morgan fingerprint density at radius 2 is 1.71 bits per heavy atom. The van der Waals surface area contributed by atoms with E-state index in [1.54, 1.807) is 30.6 Å². The van der Waals surface area contributed by atoms with Gasteiger partial charge < -0.3 is 9.47 Å². The van der Waals surface area contributed by atoms with Crippen LogP contribution in [-0.4, -0.2) is 11.6 Å². The van der Waals surface area contributed by atoms with Gasteiger partial charge in [0, 0.05) is 23.5 Å². The molecule has 1 heterocycles. The lowest BCUT2D eigenvalue weighted by molar-refractivity contribution is 0.290. The molecule has 0 saturated heterocycles. The fraction of sp³-hybridized carbons (Fsp3) is 0.150. The Kier molecular flexibility index (Phi) is 5.06. The summed E-state index contributed by atoms with van der Waals surface area (Å²) in [6.07, 6.45) is 3.52. The van der Waals surface area contributed by atoms with Gasteiger partial charge in [-0.05, 0) is 42.8 Å². The Morgan fingerprint density at radius 1 is 0.917 bits per heavy atom. The molecule has 0 amide bonds. The highest BCUT2D eigenvalue weighted by Gasteiger charge is 2.04. The zero-order chi connectivity index (χ0) is 16.8. The van der Waals surface area contributed by atoms with Crippen LogP contribution in [0.1, 0.15) is 12.5 Å². The van der Waals surface area contributed by atoms with Crippen molar-refractivity contribution in [3.05, 3.63) is 78.4 Å². The van der Waals surface area contributed by atoms with Gasteiger partial charge in [0.2, 0.25) is 0 Å². The quantitative estimate of drug-likeness (QED) is 0.649. The molecule has 4 heteroatoms. The second-order valence-electron chi connectivity index (χ2n) is 5.26. The zero-order valence-electron chi connectivity index (χ0n) is 13.4. The maximum absolute atomic E-state index is 13.6. The monoisotopic (exact) mass is 323 g/mol. The number of pyridine rings is 1. The zero-order valence-corrected chi connectivity index (χ0v) is 13.4. The number of hydrogen-bond acceptors (Lipinski definition) is 3. The van der Waals surface area contributed by atoms with Crippen LogP contribution in [0.15, 0.2) is 67.0 Å². The summed E-state index contributed by atoms with van der Waals surface area (Å²) in [6, 6.07) is 16.2. The first-order chi connectivity index (χ1) is 11.8. The van der Waals surface area contributed by atoms with Gasteiger partial charge in [-0.2, -0.15) is 0 Å². The number of benzene rings is 2. The topological polar surface area (TPSA) is 31.4 Å². The van der Waals surface area contributed by atoms with Gasteiger partial charge in [0.05, 0.1) is 6.61 Å². The Bertz CT molecular complexity index is 803. The molecule has 24 heavy (non-hydrogen) atoms. The first-order valence-electron chi connectivity index (χ1n) is 7.81. The number of halogens is 1. The van der Waals surface area contributed by atoms with Crippen LogP contribution in [0.5, 0.6) is 11.5 Å². The van der Waals surface area contributed by atoms with Crippen molar-refractivity contribution in [3.63, 3.8) is 0 Å². The van der Waals surface area contributed by atoms with Crippen LogP contribution in [-0.2, 0) is 6.61 Å². The van der Waals surface area contributed by atoms with Crippen LogP contribution in [0, 0.1) is 5.82 Å². The summed E-state index contributed by atoms with van der Waals surface area (Å²) in [4.78, 5) is 4.25. The largest absolute Gasteiger partial charge is 0.494 e. The lowest BCUT2D eigenvalue weighted by Gasteiger charge is -2.09. The molecule has 3 aromatic rings. The average molecular weight is 323 g/mol. The molecule has 0 fully saturated rings. The highest BCUT2D eigenvalue weighted by molar-refractivity contribution is 5.63. The van der Waals surface area contributed by atoms with E-state index in [0.717, 1.165) is 22.4 Å². The lowest BCUT2D eigenvalue weighted by Crippen LogP contribution is -1.98. The molecule has 0 bridgehead atoms. The lowest BCUT2D eigenvalue weighted by atomic mass is 10.1. The Morgan fingerprint density at radius 3 is 2.46 bits per heavy atom. The summed E-state index contributed by atoms with van der Waals surface area (Å²) < 4.78 is 24.6. The number of hydrogen-bond donors (Lipinski definition) is 0. The number of nitrogens with zero attached hydrogens (tertiary/aromatic N) is 1. The van der Waals surface area contributed by atoms with Gasteiger partial charge >= 0.3 is 0 Å². The van der Waals surface area contributed by atoms with Crippen molar-refractivity contribution in [1.82, 2.24) is 4.98 Å². The minimum atomic E-state index is -0.367. The summed E-state index contributed by atoms with van der Waals surface area (Å²) >= 11 is 0. The second-order valence-corrected chi connectivity index (χ2v) is 5.26. The fourth-order valence-corrected chi connectivity index (χ4v) is 2.36. The molecule has 3 nitrogen and oxygen atoms in total. The molecule has 0 atom stereocenters. The summed E-state index contributed by atoms with van der Waals surface area (Å²) in [6.45, 7) is 2.86. The van der Waals surface area contributed by atoms with Crippen LogP contribution >= 0.6 is 0 Å². The summed E-state index contributed by atoms with van der Waals surface area (Å²) in [5.74, 6) is 0.713. The molecule has 0 saturated carbocycles. The van der Waals surface area contributed by atoms with E-state index < -0.39 is 0 Å². The van der Waals surface area contributed by atoms with Gasteiger partial charge in [-0.1, -0.05) is 24.3 Å². The smallest absolute Gasteiger partial charge is 0.165 e. The first kappa shape index (κ1) is 16.0. The van der Waals surface area contributed by atoms with Crippen LogP contribution in [0.4, 0.5) is 4.39 Å². The molecular formula is C20H18FNO2. The minimum Gasteiger partial charge on any atom is -0.494 e. The van der Waals surface area contributed by atoms with Crippen LogP contribution < -0.4 is 9.47 Å². The van der Waals surface area contributed by atoms with Crippen molar-refractivity contribution in [2.24, 2.45) is 0 Å².